The Kier molecular flexibility index (Phi) is 5.99. The lowest BCUT2D eigenvalue weighted by atomic mass is 10.1. The molecule has 1 fully saturated rings. The normalized spacial score (nSPS) is 16.2. The Morgan fingerprint density at radius 1 is 0.966 bits per heavy atom. The van der Waals surface area contributed by atoms with Crippen molar-refractivity contribution in [3.8, 4) is 0 Å². The Morgan fingerprint density at radius 2 is 1.76 bits per heavy atom. The van der Waals surface area contributed by atoms with Crippen molar-refractivity contribution in [1.82, 2.24) is 9.88 Å². The lowest BCUT2D eigenvalue weighted by Gasteiger charge is -2.25. The maximum Gasteiger partial charge on any atom is 0.223 e. The summed E-state index contributed by atoms with van der Waals surface area (Å²) in [7, 11) is 0. The minimum Gasteiger partial charge on any atom is -0.334 e. The number of hydrogen-bond acceptors (Lipinski definition) is 2. The van der Waals surface area contributed by atoms with Crippen LogP contribution in [0.15, 0.2) is 72.8 Å². The van der Waals surface area contributed by atoms with Gasteiger partial charge < -0.3 is 4.90 Å². The molecule has 1 amide bonds. The highest BCUT2D eigenvalue weighted by Crippen LogP contribution is 2.31. The van der Waals surface area contributed by atoms with Crippen molar-refractivity contribution in [2.45, 2.75) is 38.1 Å². The summed E-state index contributed by atoms with van der Waals surface area (Å²) in [6, 6.07) is 22.9. The van der Waals surface area contributed by atoms with Crippen LogP contribution in [-0.2, 0) is 17.6 Å². The number of nitrogens with zero attached hydrogens (tertiary/aromatic N) is 2. The van der Waals surface area contributed by atoms with Gasteiger partial charge in [0.2, 0.25) is 5.91 Å². The van der Waals surface area contributed by atoms with Gasteiger partial charge in [-0.1, -0.05) is 48.5 Å². The summed E-state index contributed by atoms with van der Waals surface area (Å²) in [6.07, 6.45) is 3.80. The molecule has 0 radical (unpaired) electrons. The molecular formula is C25H25FN2O. The summed E-state index contributed by atoms with van der Waals surface area (Å²) < 4.78 is 13.1. The number of amides is 1. The van der Waals surface area contributed by atoms with Gasteiger partial charge in [0.15, 0.2) is 0 Å². The Hall–Kier alpha value is -3.01. The van der Waals surface area contributed by atoms with Crippen LogP contribution in [0.3, 0.4) is 0 Å². The molecule has 1 aromatic heterocycles. The first-order valence-corrected chi connectivity index (χ1v) is 10.2. The van der Waals surface area contributed by atoms with E-state index >= 15 is 0 Å². The Labute approximate surface area is 171 Å². The van der Waals surface area contributed by atoms with Crippen molar-refractivity contribution < 1.29 is 9.18 Å². The lowest BCUT2D eigenvalue weighted by molar-refractivity contribution is -0.132. The molecule has 0 aliphatic carbocycles. The average molecular weight is 388 g/mol. The number of aryl methyl sites for hydroxylation is 1. The molecule has 1 aliphatic rings. The van der Waals surface area contributed by atoms with Crippen LogP contribution >= 0.6 is 0 Å². The molecule has 148 valence electrons. The fourth-order valence-electron chi connectivity index (χ4n) is 4.01. The van der Waals surface area contributed by atoms with Crippen molar-refractivity contribution in [1.29, 1.82) is 0 Å². The predicted octanol–water partition coefficient (Wildman–Crippen LogP) is 5.11. The number of hydrogen-bond donors (Lipinski definition) is 0. The van der Waals surface area contributed by atoms with E-state index in [2.05, 4.69) is 12.1 Å². The van der Waals surface area contributed by atoms with Crippen LogP contribution in [-0.4, -0.2) is 22.3 Å². The van der Waals surface area contributed by atoms with Gasteiger partial charge in [-0.25, -0.2) is 4.39 Å². The van der Waals surface area contributed by atoms with Gasteiger partial charge in [-0.2, -0.15) is 0 Å². The second-order valence-corrected chi connectivity index (χ2v) is 7.59. The van der Waals surface area contributed by atoms with Crippen LogP contribution in [0.5, 0.6) is 0 Å². The first-order chi connectivity index (χ1) is 14.2. The SMILES string of the molecule is O=C(CCc1ccc(F)cc1)N1CCC[C@@H]1c1cccc(Cc2ccccc2)n1. The van der Waals surface area contributed by atoms with Gasteiger partial charge in [0.25, 0.3) is 0 Å². The molecule has 29 heavy (non-hydrogen) atoms. The van der Waals surface area contributed by atoms with E-state index in [1.54, 1.807) is 12.1 Å². The third-order valence-electron chi connectivity index (χ3n) is 5.51. The van der Waals surface area contributed by atoms with E-state index in [9.17, 15) is 9.18 Å². The molecule has 3 aromatic rings. The molecule has 1 aliphatic heterocycles. The Balaban J connectivity index is 1.43. The summed E-state index contributed by atoms with van der Waals surface area (Å²) in [5, 5.41) is 0. The summed E-state index contributed by atoms with van der Waals surface area (Å²) in [4.78, 5) is 19.7. The number of aromatic nitrogens is 1. The maximum atomic E-state index is 13.1. The molecule has 4 rings (SSSR count). The molecular weight excluding hydrogens is 363 g/mol. The standard InChI is InChI=1S/C25H25FN2O/c26-21-14-11-19(12-15-21)13-16-25(29)28-17-5-10-24(28)23-9-4-8-22(27-23)18-20-6-2-1-3-7-20/h1-4,6-9,11-12,14-15,24H,5,10,13,16-18H2/t24-/m1/s1. The molecule has 0 spiro atoms. The van der Waals surface area contributed by atoms with E-state index in [1.807, 2.05) is 41.3 Å². The van der Waals surface area contributed by atoms with Gasteiger partial charge in [0.05, 0.1) is 11.7 Å². The number of carbonyl (C=O) groups excluding carboxylic acids is 1. The number of likely N-dealkylation sites (tertiary alicyclic amines) is 1. The fourth-order valence-corrected chi connectivity index (χ4v) is 4.01. The van der Waals surface area contributed by atoms with E-state index in [0.29, 0.717) is 12.8 Å². The Morgan fingerprint density at radius 3 is 2.55 bits per heavy atom. The molecule has 0 N–H and O–H groups in total. The second-order valence-electron chi connectivity index (χ2n) is 7.59. The van der Waals surface area contributed by atoms with Crippen molar-refractivity contribution in [3.63, 3.8) is 0 Å². The monoisotopic (exact) mass is 388 g/mol. The highest BCUT2D eigenvalue weighted by atomic mass is 19.1. The molecule has 0 unspecified atom stereocenters. The third kappa shape index (κ3) is 4.89. The van der Waals surface area contributed by atoms with Crippen LogP contribution in [0.2, 0.25) is 0 Å². The fraction of sp³-hybridized carbons (Fsp3) is 0.280. The number of carbonyl (C=O) groups is 1. The van der Waals surface area contributed by atoms with E-state index in [4.69, 9.17) is 4.98 Å². The van der Waals surface area contributed by atoms with Crippen LogP contribution in [0.1, 0.15) is 47.8 Å². The largest absolute Gasteiger partial charge is 0.334 e. The highest BCUT2D eigenvalue weighted by Gasteiger charge is 2.30. The van der Waals surface area contributed by atoms with E-state index < -0.39 is 0 Å². The summed E-state index contributed by atoms with van der Waals surface area (Å²) >= 11 is 0. The number of pyridine rings is 1. The zero-order chi connectivity index (χ0) is 20.1. The number of rotatable bonds is 6. The highest BCUT2D eigenvalue weighted by molar-refractivity contribution is 5.77. The van der Waals surface area contributed by atoms with Crippen molar-refractivity contribution in [3.05, 3.63) is 101 Å². The Bertz CT molecular complexity index is 956. The average Bonchev–Trinajstić information content (AvgIpc) is 3.24. The minimum atomic E-state index is -0.249. The van der Waals surface area contributed by atoms with Gasteiger partial charge in [-0.15, -0.1) is 0 Å². The molecule has 1 atom stereocenters. The van der Waals surface area contributed by atoms with E-state index in [1.165, 1.54) is 17.7 Å². The first-order valence-electron chi connectivity index (χ1n) is 10.2. The van der Waals surface area contributed by atoms with E-state index in [-0.39, 0.29) is 17.8 Å². The van der Waals surface area contributed by atoms with Crippen LogP contribution in [0.25, 0.3) is 0 Å². The molecule has 0 bridgehead atoms. The quantitative estimate of drug-likeness (QED) is 0.588. The van der Waals surface area contributed by atoms with Crippen LogP contribution < -0.4 is 0 Å². The molecule has 2 heterocycles. The smallest absolute Gasteiger partial charge is 0.223 e. The minimum absolute atomic E-state index is 0.0476. The van der Waals surface area contributed by atoms with E-state index in [0.717, 1.165) is 42.8 Å². The summed E-state index contributed by atoms with van der Waals surface area (Å²) in [5.41, 5.74) is 4.22. The maximum absolute atomic E-state index is 13.1. The number of benzene rings is 2. The zero-order valence-electron chi connectivity index (χ0n) is 16.4. The van der Waals surface area contributed by atoms with Gasteiger partial charge in [0.1, 0.15) is 5.82 Å². The molecule has 2 aromatic carbocycles. The van der Waals surface area contributed by atoms with Gasteiger partial charge in [-0.05, 0) is 54.7 Å². The zero-order valence-corrected chi connectivity index (χ0v) is 16.4. The van der Waals surface area contributed by atoms with Crippen LogP contribution in [0, 0.1) is 5.82 Å². The summed E-state index contributed by atoms with van der Waals surface area (Å²) in [6.45, 7) is 0.775. The van der Waals surface area contributed by atoms with Gasteiger partial charge >= 0.3 is 0 Å². The van der Waals surface area contributed by atoms with Crippen molar-refractivity contribution in [2.24, 2.45) is 0 Å². The van der Waals surface area contributed by atoms with Crippen molar-refractivity contribution >= 4 is 5.91 Å². The second kappa shape index (κ2) is 8.99. The van der Waals surface area contributed by atoms with Gasteiger partial charge in [0, 0.05) is 25.1 Å². The lowest BCUT2D eigenvalue weighted by Crippen LogP contribution is -2.31. The molecule has 1 saturated heterocycles. The molecule has 0 saturated carbocycles. The third-order valence-corrected chi connectivity index (χ3v) is 5.51. The van der Waals surface area contributed by atoms with Gasteiger partial charge in [-0.3, -0.25) is 9.78 Å². The topological polar surface area (TPSA) is 33.2 Å². The summed E-state index contributed by atoms with van der Waals surface area (Å²) in [5.74, 6) is -0.103. The molecule has 3 nitrogen and oxygen atoms in total. The first kappa shape index (κ1) is 19.3. The molecule has 4 heteroatoms. The van der Waals surface area contributed by atoms with Crippen molar-refractivity contribution in [2.75, 3.05) is 6.54 Å². The predicted molar refractivity (Wildman–Crippen MR) is 112 cm³/mol. The van der Waals surface area contributed by atoms with Crippen LogP contribution in [0.4, 0.5) is 4.39 Å². The number of halogens is 1.